The summed E-state index contributed by atoms with van der Waals surface area (Å²) in [6.45, 7) is 2.58. The highest BCUT2D eigenvalue weighted by atomic mass is 127. The Morgan fingerprint density at radius 3 is 3.06 bits per heavy atom. The van der Waals surface area contributed by atoms with E-state index >= 15 is 0 Å². The van der Waals surface area contributed by atoms with Crippen LogP contribution in [0.3, 0.4) is 0 Å². The second kappa shape index (κ2) is 7.21. The highest BCUT2D eigenvalue weighted by molar-refractivity contribution is 14.1. The summed E-state index contributed by atoms with van der Waals surface area (Å²) in [4.78, 5) is 11.2. The van der Waals surface area contributed by atoms with Gasteiger partial charge in [-0.15, -0.1) is 0 Å². The van der Waals surface area contributed by atoms with Gasteiger partial charge in [0.25, 0.3) is 5.91 Å². The summed E-state index contributed by atoms with van der Waals surface area (Å²) >= 11 is 1.87. The summed E-state index contributed by atoms with van der Waals surface area (Å²) in [5, 5.41) is 6.38. The molecular formula is C11H13FIN3O. The average molecular weight is 349 g/mol. The van der Waals surface area contributed by atoms with Crippen molar-refractivity contribution in [2.45, 2.75) is 13.3 Å². The highest BCUT2D eigenvalue weighted by Crippen LogP contribution is 2.20. The Morgan fingerprint density at radius 2 is 2.35 bits per heavy atom. The number of nitrogens with one attached hydrogen (secondary N) is 2. The number of halogens is 2. The largest absolute Gasteiger partial charge is 0.351 e. The van der Waals surface area contributed by atoms with Gasteiger partial charge in [0.1, 0.15) is 12.0 Å². The van der Waals surface area contributed by atoms with E-state index in [0.29, 0.717) is 15.8 Å². The monoisotopic (exact) mass is 349 g/mol. The molecule has 0 saturated heterocycles. The number of carbonyl (C=O) groups excluding carboxylic acids is 1. The third kappa shape index (κ3) is 4.68. The first-order valence-corrected chi connectivity index (χ1v) is 6.24. The molecule has 0 unspecified atom stereocenters. The van der Waals surface area contributed by atoms with Gasteiger partial charge in [-0.2, -0.15) is 5.10 Å². The first-order chi connectivity index (χ1) is 8.15. The zero-order chi connectivity index (χ0) is 12.7. The fourth-order valence-corrected chi connectivity index (χ4v) is 1.52. The standard InChI is InChI=1S/C11H13FIN3O/c1-2-6-14-10(17)7-15-16-9-5-3-4-8(12)11(9)13/h3-5,7,16H,2,6H2,1H3,(H,14,17)/b15-7+. The molecule has 0 bridgehead atoms. The van der Waals surface area contributed by atoms with Crippen LogP contribution in [0.5, 0.6) is 0 Å². The van der Waals surface area contributed by atoms with E-state index in [1.54, 1.807) is 12.1 Å². The van der Waals surface area contributed by atoms with Gasteiger partial charge >= 0.3 is 0 Å². The van der Waals surface area contributed by atoms with E-state index in [1.165, 1.54) is 6.07 Å². The number of rotatable bonds is 5. The lowest BCUT2D eigenvalue weighted by molar-refractivity contribution is -0.114. The number of nitrogens with zero attached hydrogens (tertiary/aromatic N) is 1. The minimum atomic E-state index is -0.318. The van der Waals surface area contributed by atoms with Crippen LogP contribution in [-0.4, -0.2) is 18.7 Å². The maximum absolute atomic E-state index is 13.2. The molecule has 0 aromatic heterocycles. The maximum atomic E-state index is 13.2. The fraction of sp³-hybridized carbons (Fsp3) is 0.273. The van der Waals surface area contributed by atoms with Crippen LogP contribution in [0.15, 0.2) is 23.3 Å². The van der Waals surface area contributed by atoms with Gasteiger partial charge < -0.3 is 5.32 Å². The van der Waals surface area contributed by atoms with Crippen molar-refractivity contribution in [1.29, 1.82) is 0 Å². The second-order valence-electron chi connectivity index (χ2n) is 3.26. The molecule has 2 N–H and O–H groups in total. The second-order valence-corrected chi connectivity index (χ2v) is 4.34. The van der Waals surface area contributed by atoms with Crippen molar-refractivity contribution >= 4 is 40.4 Å². The molecule has 1 amide bonds. The predicted molar refractivity (Wildman–Crippen MR) is 74.5 cm³/mol. The first-order valence-electron chi connectivity index (χ1n) is 5.16. The summed E-state index contributed by atoms with van der Waals surface area (Å²) in [5.74, 6) is -0.591. The normalized spacial score (nSPS) is 10.5. The van der Waals surface area contributed by atoms with Gasteiger partial charge in [0, 0.05) is 6.54 Å². The molecule has 0 fully saturated rings. The molecule has 0 aliphatic heterocycles. The van der Waals surface area contributed by atoms with Gasteiger partial charge in [-0.05, 0) is 41.1 Å². The molecule has 4 nitrogen and oxygen atoms in total. The fourth-order valence-electron chi connectivity index (χ4n) is 1.04. The van der Waals surface area contributed by atoms with Crippen LogP contribution < -0.4 is 10.7 Å². The van der Waals surface area contributed by atoms with E-state index in [2.05, 4.69) is 15.8 Å². The third-order valence-electron chi connectivity index (χ3n) is 1.87. The molecule has 17 heavy (non-hydrogen) atoms. The quantitative estimate of drug-likeness (QED) is 0.487. The van der Waals surface area contributed by atoms with Gasteiger partial charge in [0.05, 0.1) is 9.26 Å². The van der Waals surface area contributed by atoms with Crippen LogP contribution in [0.2, 0.25) is 0 Å². The lowest BCUT2D eigenvalue weighted by atomic mass is 10.3. The smallest absolute Gasteiger partial charge is 0.264 e. The maximum Gasteiger partial charge on any atom is 0.264 e. The van der Waals surface area contributed by atoms with Crippen molar-refractivity contribution in [3.8, 4) is 0 Å². The zero-order valence-corrected chi connectivity index (χ0v) is 11.5. The molecule has 1 rings (SSSR count). The van der Waals surface area contributed by atoms with Crippen molar-refractivity contribution in [1.82, 2.24) is 5.32 Å². The Labute approximate surface area is 113 Å². The Kier molecular flexibility index (Phi) is 5.88. The molecule has 6 heteroatoms. The summed E-state index contributed by atoms with van der Waals surface area (Å²) in [7, 11) is 0. The van der Waals surface area contributed by atoms with Gasteiger partial charge in [0.2, 0.25) is 0 Å². The molecule has 1 aromatic carbocycles. The number of hydrogen-bond acceptors (Lipinski definition) is 3. The van der Waals surface area contributed by atoms with Crippen LogP contribution in [0.1, 0.15) is 13.3 Å². The molecule has 0 aliphatic carbocycles. The van der Waals surface area contributed by atoms with E-state index in [9.17, 15) is 9.18 Å². The molecule has 0 spiro atoms. The summed E-state index contributed by atoms with van der Waals surface area (Å²) < 4.78 is 13.6. The summed E-state index contributed by atoms with van der Waals surface area (Å²) in [5.41, 5.74) is 3.15. The molecule has 0 aliphatic rings. The number of anilines is 1. The Bertz CT molecular complexity index is 423. The van der Waals surface area contributed by atoms with E-state index < -0.39 is 0 Å². The SMILES string of the molecule is CCCNC(=O)/C=N/Nc1cccc(F)c1I. The number of hydrazone groups is 1. The Morgan fingerprint density at radius 1 is 1.59 bits per heavy atom. The lowest BCUT2D eigenvalue weighted by Gasteiger charge is -2.03. The predicted octanol–water partition coefficient (Wildman–Crippen LogP) is 2.35. The van der Waals surface area contributed by atoms with Gasteiger partial charge in [0.15, 0.2) is 0 Å². The summed E-state index contributed by atoms with van der Waals surface area (Å²) in [6.07, 6.45) is 2.01. The topological polar surface area (TPSA) is 53.5 Å². The molecule has 1 aromatic rings. The first kappa shape index (κ1) is 13.9. The van der Waals surface area contributed by atoms with E-state index in [1.807, 2.05) is 29.5 Å². The van der Waals surface area contributed by atoms with Crippen molar-refractivity contribution in [2.75, 3.05) is 12.0 Å². The highest BCUT2D eigenvalue weighted by Gasteiger charge is 2.03. The molecule has 92 valence electrons. The number of carbonyl (C=O) groups is 1. The number of benzene rings is 1. The number of amides is 1. The zero-order valence-electron chi connectivity index (χ0n) is 9.34. The molecule has 0 heterocycles. The molecule has 0 radical (unpaired) electrons. The Hall–Kier alpha value is -1.18. The molecule has 0 atom stereocenters. The molecule has 0 saturated carbocycles. The average Bonchev–Trinajstić information content (AvgIpc) is 2.32. The van der Waals surface area contributed by atoms with Crippen molar-refractivity contribution < 1.29 is 9.18 Å². The minimum absolute atomic E-state index is 0.272. The Balaban J connectivity index is 2.52. The van der Waals surface area contributed by atoms with Crippen LogP contribution in [0.25, 0.3) is 0 Å². The molecular weight excluding hydrogens is 336 g/mol. The minimum Gasteiger partial charge on any atom is -0.351 e. The lowest BCUT2D eigenvalue weighted by Crippen LogP contribution is -2.25. The van der Waals surface area contributed by atoms with E-state index in [-0.39, 0.29) is 11.7 Å². The van der Waals surface area contributed by atoms with Crippen molar-refractivity contribution in [3.63, 3.8) is 0 Å². The van der Waals surface area contributed by atoms with Crippen molar-refractivity contribution in [2.24, 2.45) is 5.10 Å². The third-order valence-corrected chi connectivity index (χ3v) is 2.96. The van der Waals surface area contributed by atoms with E-state index in [0.717, 1.165) is 12.6 Å². The summed E-state index contributed by atoms with van der Waals surface area (Å²) in [6, 6.07) is 4.63. The van der Waals surface area contributed by atoms with Gasteiger partial charge in [-0.25, -0.2) is 4.39 Å². The van der Waals surface area contributed by atoms with E-state index in [4.69, 9.17) is 0 Å². The van der Waals surface area contributed by atoms with Crippen molar-refractivity contribution in [3.05, 3.63) is 27.6 Å². The van der Waals surface area contributed by atoms with Crippen LogP contribution >= 0.6 is 22.6 Å². The van der Waals surface area contributed by atoms with Crippen LogP contribution in [0, 0.1) is 9.39 Å². The van der Waals surface area contributed by atoms with Gasteiger partial charge in [-0.1, -0.05) is 13.0 Å². The van der Waals surface area contributed by atoms with Crippen LogP contribution in [0.4, 0.5) is 10.1 Å². The number of hydrogen-bond donors (Lipinski definition) is 2. The van der Waals surface area contributed by atoms with Crippen LogP contribution in [-0.2, 0) is 4.79 Å². The van der Waals surface area contributed by atoms with Gasteiger partial charge in [-0.3, -0.25) is 10.2 Å².